The maximum atomic E-state index is 12.1. The second-order valence-electron chi connectivity index (χ2n) is 3.91. The van der Waals surface area contributed by atoms with Crippen molar-refractivity contribution in [2.45, 2.75) is 6.42 Å². The fraction of sp³-hybridized carbons (Fsp3) is 0.143. The van der Waals surface area contributed by atoms with Gasteiger partial charge in [0.25, 0.3) is 0 Å². The van der Waals surface area contributed by atoms with Crippen molar-refractivity contribution in [3.63, 3.8) is 0 Å². The average molecular weight is 242 g/mol. The first kappa shape index (κ1) is 12.1. The summed E-state index contributed by atoms with van der Waals surface area (Å²) < 4.78 is 5.09. The van der Waals surface area contributed by atoms with Crippen molar-refractivity contribution >= 4 is 11.5 Å². The van der Waals surface area contributed by atoms with Crippen LogP contribution >= 0.6 is 0 Å². The van der Waals surface area contributed by atoms with Crippen molar-refractivity contribution in [2.75, 3.05) is 12.8 Å². The highest BCUT2D eigenvalue weighted by Gasteiger charge is 2.11. The molecule has 92 valence electrons. The van der Waals surface area contributed by atoms with Crippen molar-refractivity contribution in [2.24, 2.45) is 0 Å². The molecule has 0 atom stereocenters. The summed E-state index contributed by atoms with van der Waals surface area (Å²) in [6, 6.07) is 8.73. The van der Waals surface area contributed by atoms with E-state index in [2.05, 4.69) is 4.98 Å². The van der Waals surface area contributed by atoms with E-state index in [0.29, 0.717) is 17.0 Å². The third-order valence-corrected chi connectivity index (χ3v) is 2.65. The maximum absolute atomic E-state index is 12.1. The summed E-state index contributed by atoms with van der Waals surface area (Å²) in [7, 11) is 1.56. The van der Waals surface area contributed by atoms with Crippen LogP contribution < -0.4 is 10.5 Å². The molecule has 0 aliphatic heterocycles. The largest absolute Gasteiger partial charge is 0.497 e. The van der Waals surface area contributed by atoms with Gasteiger partial charge in [-0.25, -0.2) is 0 Å². The lowest BCUT2D eigenvalue weighted by atomic mass is 10.0. The molecule has 0 saturated heterocycles. The highest BCUT2D eigenvalue weighted by atomic mass is 16.5. The predicted molar refractivity (Wildman–Crippen MR) is 69.7 cm³/mol. The molecule has 4 heteroatoms. The molecule has 1 aromatic carbocycles. The molecular formula is C14H14N2O2. The van der Waals surface area contributed by atoms with Gasteiger partial charge < -0.3 is 10.5 Å². The van der Waals surface area contributed by atoms with Gasteiger partial charge in [-0.05, 0) is 29.8 Å². The fourth-order valence-corrected chi connectivity index (χ4v) is 1.69. The van der Waals surface area contributed by atoms with E-state index in [1.54, 1.807) is 43.8 Å². The summed E-state index contributed by atoms with van der Waals surface area (Å²) in [5.74, 6) is 0.582. The number of hydrogen-bond acceptors (Lipinski definition) is 4. The molecule has 0 unspecified atom stereocenters. The molecule has 0 aliphatic carbocycles. The summed E-state index contributed by atoms with van der Waals surface area (Å²) >= 11 is 0. The Kier molecular flexibility index (Phi) is 3.57. The van der Waals surface area contributed by atoms with Crippen LogP contribution in [0.15, 0.2) is 42.7 Å². The number of benzene rings is 1. The van der Waals surface area contributed by atoms with Crippen molar-refractivity contribution in [1.82, 2.24) is 4.98 Å². The van der Waals surface area contributed by atoms with E-state index in [1.807, 2.05) is 6.07 Å². The third-order valence-electron chi connectivity index (χ3n) is 2.65. The van der Waals surface area contributed by atoms with Gasteiger partial charge in [0, 0.05) is 30.1 Å². The Bertz CT molecular complexity index is 553. The van der Waals surface area contributed by atoms with Gasteiger partial charge >= 0.3 is 0 Å². The number of rotatable bonds is 4. The number of aromatic nitrogens is 1. The number of ether oxygens (including phenoxy) is 1. The minimum Gasteiger partial charge on any atom is -0.497 e. The number of nitrogens with zero attached hydrogens (tertiary/aromatic N) is 1. The first-order valence-electron chi connectivity index (χ1n) is 5.56. The number of carbonyl (C=O) groups excluding carboxylic acids is 1. The predicted octanol–water partition coefficient (Wildman–Crippen LogP) is 2.10. The van der Waals surface area contributed by atoms with E-state index in [1.165, 1.54) is 0 Å². The second-order valence-corrected chi connectivity index (χ2v) is 3.91. The smallest absolute Gasteiger partial charge is 0.169 e. The van der Waals surface area contributed by atoms with E-state index >= 15 is 0 Å². The minimum atomic E-state index is -0.0422. The summed E-state index contributed by atoms with van der Waals surface area (Å²) in [5.41, 5.74) is 7.62. The molecule has 4 nitrogen and oxygen atoms in total. The number of anilines is 1. The second kappa shape index (κ2) is 5.31. The van der Waals surface area contributed by atoms with Gasteiger partial charge in [0.2, 0.25) is 0 Å². The van der Waals surface area contributed by atoms with Gasteiger partial charge in [0.1, 0.15) is 5.75 Å². The maximum Gasteiger partial charge on any atom is 0.169 e. The van der Waals surface area contributed by atoms with E-state index in [9.17, 15) is 4.79 Å². The molecule has 1 aromatic heterocycles. The first-order valence-corrected chi connectivity index (χ1v) is 5.56. The number of nitrogen functional groups attached to an aromatic ring is 1. The molecule has 2 aromatic rings. The van der Waals surface area contributed by atoms with Crippen molar-refractivity contribution in [3.8, 4) is 5.75 Å². The van der Waals surface area contributed by atoms with Gasteiger partial charge in [-0.15, -0.1) is 0 Å². The molecule has 0 aliphatic rings. The van der Waals surface area contributed by atoms with E-state index < -0.39 is 0 Å². The Morgan fingerprint density at radius 2 is 2.22 bits per heavy atom. The quantitative estimate of drug-likeness (QED) is 0.658. The fourth-order valence-electron chi connectivity index (χ4n) is 1.69. The number of methoxy groups -OCH3 is 1. The van der Waals surface area contributed by atoms with Gasteiger partial charge in [0.15, 0.2) is 5.78 Å². The van der Waals surface area contributed by atoms with Gasteiger partial charge in [-0.3, -0.25) is 9.78 Å². The average Bonchev–Trinajstić information content (AvgIpc) is 2.40. The van der Waals surface area contributed by atoms with Crippen LogP contribution in [0.5, 0.6) is 5.75 Å². The first-order chi connectivity index (χ1) is 8.70. The highest BCUT2D eigenvalue weighted by molar-refractivity contribution is 6.02. The number of hydrogen-bond donors (Lipinski definition) is 1. The van der Waals surface area contributed by atoms with Crippen LogP contribution in [0.1, 0.15) is 15.9 Å². The van der Waals surface area contributed by atoms with E-state index in [0.717, 1.165) is 5.56 Å². The SMILES string of the molecule is COc1ccc(N)c(C(=O)Cc2cccnc2)c1. The number of nitrogens with two attached hydrogens (primary N) is 1. The molecule has 2 N–H and O–H groups in total. The lowest BCUT2D eigenvalue weighted by Crippen LogP contribution is -2.07. The number of pyridine rings is 1. The molecule has 0 fully saturated rings. The monoisotopic (exact) mass is 242 g/mol. The summed E-state index contributed by atoms with van der Waals surface area (Å²) in [4.78, 5) is 16.1. The Balaban J connectivity index is 2.23. The Morgan fingerprint density at radius 1 is 1.39 bits per heavy atom. The van der Waals surface area contributed by atoms with Crippen LogP contribution in [-0.4, -0.2) is 17.9 Å². The molecule has 0 amide bonds. The van der Waals surface area contributed by atoms with Crippen LogP contribution in [-0.2, 0) is 6.42 Å². The normalized spacial score (nSPS) is 10.1. The van der Waals surface area contributed by atoms with Gasteiger partial charge in [0.05, 0.1) is 7.11 Å². The van der Waals surface area contributed by atoms with Crippen LogP contribution in [0.3, 0.4) is 0 Å². The number of ketones is 1. The van der Waals surface area contributed by atoms with Crippen molar-refractivity contribution in [3.05, 3.63) is 53.9 Å². The molecule has 0 radical (unpaired) electrons. The molecule has 0 bridgehead atoms. The highest BCUT2D eigenvalue weighted by Crippen LogP contribution is 2.21. The topological polar surface area (TPSA) is 65.2 Å². The molecule has 1 heterocycles. The Hall–Kier alpha value is -2.36. The lowest BCUT2D eigenvalue weighted by Gasteiger charge is -2.07. The van der Waals surface area contributed by atoms with Crippen LogP contribution in [0, 0.1) is 0 Å². The lowest BCUT2D eigenvalue weighted by molar-refractivity contribution is 0.0993. The van der Waals surface area contributed by atoms with Gasteiger partial charge in [-0.1, -0.05) is 6.07 Å². The third kappa shape index (κ3) is 2.66. The van der Waals surface area contributed by atoms with E-state index in [4.69, 9.17) is 10.5 Å². The summed E-state index contributed by atoms with van der Waals surface area (Å²) in [6.45, 7) is 0. The molecule has 0 saturated carbocycles. The molecule has 18 heavy (non-hydrogen) atoms. The van der Waals surface area contributed by atoms with E-state index in [-0.39, 0.29) is 12.2 Å². The summed E-state index contributed by atoms with van der Waals surface area (Å²) in [6.07, 6.45) is 3.63. The van der Waals surface area contributed by atoms with Crippen LogP contribution in [0.4, 0.5) is 5.69 Å². The molecule has 0 spiro atoms. The number of carbonyl (C=O) groups is 1. The van der Waals surface area contributed by atoms with Gasteiger partial charge in [-0.2, -0.15) is 0 Å². The van der Waals surface area contributed by atoms with Crippen molar-refractivity contribution in [1.29, 1.82) is 0 Å². The minimum absolute atomic E-state index is 0.0422. The zero-order chi connectivity index (χ0) is 13.0. The molecular weight excluding hydrogens is 228 g/mol. The zero-order valence-electron chi connectivity index (χ0n) is 10.1. The Labute approximate surface area is 105 Å². The Morgan fingerprint density at radius 3 is 2.89 bits per heavy atom. The van der Waals surface area contributed by atoms with Crippen LogP contribution in [0.25, 0.3) is 0 Å². The number of Topliss-reactive ketones (excluding diaryl/α,β-unsaturated/α-hetero) is 1. The summed E-state index contributed by atoms with van der Waals surface area (Å²) in [5, 5.41) is 0. The van der Waals surface area contributed by atoms with Crippen LogP contribution in [0.2, 0.25) is 0 Å². The zero-order valence-corrected chi connectivity index (χ0v) is 10.1. The molecule has 2 rings (SSSR count). The van der Waals surface area contributed by atoms with Crippen molar-refractivity contribution < 1.29 is 9.53 Å². The standard InChI is InChI=1S/C14H14N2O2/c1-18-11-4-5-13(15)12(8-11)14(17)7-10-3-2-6-16-9-10/h2-6,8-9H,7,15H2,1H3.